The minimum absolute atomic E-state index is 0.000787. The molecule has 0 spiro atoms. The van der Waals surface area contributed by atoms with Gasteiger partial charge in [0.15, 0.2) is 0 Å². The molecule has 5 heteroatoms. The summed E-state index contributed by atoms with van der Waals surface area (Å²) < 4.78 is 0. The van der Waals surface area contributed by atoms with Gasteiger partial charge in [0.2, 0.25) is 11.8 Å². The van der Waals surface area contributed by atoms with E-state index >= 15 is 0 Å². The summed E-state index contributed by atoms with van der Waals surface area (Å²) >= 11 is 0. The van der Waals surface area contributed by atoms with E-state index in [0.29, 0.717) is 5.92 Å². The molecule has 0 saturated heterocycles. The van der Waals surface area contributed by atoms with Gasteiger partial charge in [-0.15, -0.1) is 0 Å². The van der Waals surface area contributed by atoms with Crippen LogP contribution in [0.15, 0.2) is 0 Å². The van der Waals surface area contributed by atoms with E-state index in [4.69, 9.17) is 11.5 Å². The van der Waals surface area contributed by atoms with Crippen molar-refractivity contribution in [1.82, 2.24) is 4.90 Å². The van der Waals surface area contributed by atoms with Crippen LogP contribution in [0.25, 0.3) is 0 Å². The molecule has 3 atom stereocenters. The molecule has 92 valence electrons. The number of amides is 2. The van der Waals surface area contributed by atoms with Crippen molar-refractivity contribution in [2.75, 3.05) is 13.6 Å². The van der Waals surface area contributed by atoms with Gasteiger partial charge in [-0.2, -0.15) is 0 Å². The minimum atomic E-state index is -0.476. The summed E-state index contributed by atoms with van der Waals surface area (Å²) in [5, 5.41) is 0. The third-order valence-electron chi connectivity index (χ3n) is 3.35. The van der Waals surface area contributed by atoms with Crippen molar-refractivity contribution in [1.29, 1.82) is 0 Å². The standard InChI is InChI=1S/C11H21N3O2/c1-7-5-8(3-4-9(7)12)11(16)14(2)6-10(13)15/h7-9H,3-6,12H2,1-2H3,(H2,13,15). The average molecular weight is 227 g/mol. The van der Waals surface area contributed by atoms with E-state index in [0.717, 1.165) is 19.3 Å². The molecule has 0 aliphatic heterocycles. The zero-order chi connectivity index (χ0) is 12.3. The Balaban J connectivity index is 2.51. The Bertz CT molecular complexity index is 280. The highest BCUT2D eigenvalue weighted by Crippen LogP contribution is 2.29. The molecule has 0 aromatic carbocycles. The smallest absolute Gasteiger partial charge is 0.237 e. The quantitative estimate of drug-likeness (QED) is 0.693. The first-order chi connectivity index (χ1) is 7.41. The van der Waals surface area contributed by atoms with Crippen molar-refractivity contribution in [2.24, 2.45) is 23.3 Å². The molecule has 0 aromatic rings. The molecule has 3 unspecified atom stereocenters. The number of hydrogen-bond acceptors (Lipinski definition) is 3. The van der Waals surface area contributed by atoms with Gasteiger partial charge in [-0.05, 0) is 25.2 Å². The number of primary amides is 1. The van der Waals surface area contributed by atoms with Crippen LogP contribution in [0.4, 0.5) is 0 Å². The van der Waals surface area contributed by atoms with Crippen molar-refractivity contribution < 1.29 is 9.59 Å². The molecule has 1 rings (SSSR count). The largest absolute Gasteiger partial charge is 0.368 e. The Morgan fingerprint density at radius 2 is 2.00 bits per heavy atom. The SMILES string of the molecule is CC1CC(C(=O)N(C)CC(N)=O)CCC1N. The molecule has 0 radical (unpaired) electrons. The highest BCUT2D eigenvalue weighted by molar-refractivity contribution is 5.84. The Hall–Kier alpha value is -1.10. The second-order valence-electron chi connectivity index (χ2n) is 4.81. The van der Waals surface area contributed by atoms with Gasteiger partial charge in [0, 0.05) is 19.0 Å². The zero-order valence-electron chi connectivity index (χ0n) is 9.98. The van der Waals surface area contributed by atoms with E-state index in [1.165, 1.54) is 4.90 Å². The van der Waals surface area contributed by atoms with Gasteiger partial charge in [0.1, 0.15) is 0 Å². The van der Waals surface area contributed by atoms with Crippen molar-refractivity contribution in [3.05, 3.63) is 0 Å². The molecule has 0 bridgehead atoms. The molecule has 0 aromatic heterocycles. The van der Waals surface area contributed by atoms with Crippen molar-refractivity contribution in [2.45, 2.75) is 32.2 Å². The molecule has 1 aliphatic rings. The van der Waals surface area contributed by atoms with E-state index in [1.807, 2.05) is 0 Å². The maximum Gasteiger partial charge on any atom is 0.237 e. The van der Waals surface area contributed by atoms with Crippen molar-refractivity contribution >= 4 is 11.8 Å². The molecule has 4 N–H and O–H groups in total. The van der Waals surface area contributed by atoms with Crippen LogP contribution in [0.1, 0.15) is 26.2 Å². The molecular formula is C11H21N3O2. The lowest BCUT2D eigenvalue weighted by atomic mass is 9.79. The number of carbonyl (C=O) groups is 2. The van der Waals surface area contributed by atoms with Crippen LogP contribution in [0.2, 0.25) is 0 Å². The molecule has 5 nitrogen and oxygen atoms in total. The lowest BCUT2D eigenvalue weighted by Crippen LogP contribution is -2.43. The normalized spacial score (nSPS) is 29.8. The third kappa shape index (κ3) is 3.20. The summed E-state index contributed by atoms with van der Waals surface area (Å²) in [6.07, 6.45) is 2.50. The Morgan fingerprint density at radius 3 is 2.50 bits per heavy atom. The molecule has 1 saturated carbocycles. The summed E-state index contributed by atoms with van der Waals surface area (Å²) in [6.45, 7) is 2.06. The predicted octanol–water partition coefficient (Wildman–Crippen LogP) is -0.306. The highest BCUT2D eigenvalue weighted by atomic mass is 16.2. The molecule has 1 aliphatic carbocycles. The first-order valence-corrected chi connectivity index (χ1v) is 5.70. The number of rotatable bonds is 3. The lowest BCUT2D eigenvalue weighted by molar-refractivity contribution is -0.138. The fourth-order valence-corrected chi connectivity index (χ4v) is 2.27. The number of likely N-dealkylation sites (N-methyl/N-ethyl adjacent to an activating group) is 1. The van der Waals surface area contributed by atoms with E-state index in [1.54, 1.807) is 7.05 Å². The van der Waals surface area contributed by atoms with Crippen LogP contribution in [0.3, 0.4) is 0 Å². The fourth-order valence-electron chi connectivity index (χ4n) is 2.27. The number of carbonyl (C=O) groups excluding carboxylic acids is 2. The summed E-state index contributed by atoms with van der Waals surface area (Å²) in [7, 11) is 1.62. The van der Waals surface area contributed by atoms with E-state index in [9.17, 15) is 9.59 Å². The third-order valence-corrected chi connectivity index (χ3v) is 3.35. The van der Waals surface area contributed by atoms with Gasteiger partial charge in [-0.1, -0.05) is 6.92 Å². The first kappa shape index (κ1) is 13.0. The molecule has 0 heterocycles. The second-order valence-corrected chi connectivity index (χ2v) is 4.81. The first-order valence-electron chi connectivity index (χ1n) is 5.70. The average Bonchev–Trinajstić information content (AvgIpc) is 2.20. The summed E-state index contributed by atoms with van der Waals surface area (Å²) in [4.78, 5) is 24.1. The predicted molar refractivity (Wildman–Crippen MR) is 61.3 cm³/mol. The van der Waals surface area contributed by atoms with Crippen LogP contribution in [0, 0.1) is 11.8 Å². The van der Waals surface area contributed by atoms with Crippen LogP contribution in [0.5, 0.6) is 0 Å². The van der Waals surface area contributed by atoms with E-state index in [2.05, 4.69) is 6.92 Å². The maximum absolute atomic E-state index is 12.0. The molecule has 2 amide bonds. The Labute approximate surface area is 96.1 Å². The molecule has 1 fully saturated rings. The van der Waals surface area contributed by atoms with Gasteiger partial charge in [0.25, 0.3) is 0 Å². The van der Waals surface area contributed by atoms with Gasteiger partial charge < -0.3 is 16.4 Å². The fraction of sp³-hybridized carbons (Fsp3) is 0.818. The van der Waals surface area contributed by atoms with Gasteiger partial charge in [-0.25, -0.2) is 0 Å². The summed E-state index contributed by atoms with van der Waals surface area (Å²) in [6, 6.07) is 0.200. The van der Waals surface area contributed by atoms with Gasteiger partial charge >= 0.3 is 0 Å². The van der Waals surface area contributed by atoms with Gasteiger partial charge in [-0.3, -0.25) is 9.59 Å². The topological polar surface area (TPSA) is 89.4 Å². The van der Waals surface area contributed by atoms with Crippen LogP contribution in [-0.4, -0.2) is 36.3 Å². The highest BCUT2D eigenvalue weighted by Gasteiger charge is 2.31. The van der Waals surface area contributed by atoms with Crippen LogP contribution >= 0.6 is 0 Å². The van der Waals surface area contributed by atoms with Crippen LogP contribution in [-0.2, 0) is 9.59 Å². The second kappa shape index (κ2) is 5.30. The van der Waals surface area contributed by atoms with Crippen molar-refractivity contribution in [3.8, 4) is 0 Å². The number of nitrogens with zero attached hydrogens (tertiary/aromatic N) is 1. The minimum Gasteiger partial charge on any atom is -0.368 e. The van der Waals surface area contributed by atoms with E-state index < -0.39 is 5.91 Å². The molecular weight excluding hydrogens is 206 g/mol. The van der Waals surface area contributed by atoms with Crippen molar-refractivity contribution in [3.63, 3.8) is 0 Å². The maximum atomic E-state index is 12.0. The molecule has 16 heavy (non-hydrogen) atoms. The monoisotopic (exact) mass is 227 g/mol. The Kier molecular flexibility index (Phi) is 4.29. The Morgan fingerprint density at radius 1 is 1.38 bits per heavy atom. The van der Waals surface area contributed by atoms with Gasteiger partial charge in [0.05, 0.1) is 6.54 Å². The summed E-state index contributed by atoms with van der Waals surface area (Å²) in [5.41, 5.74) is 11.0. The number of nitrogens with two attached hydrogens (primary N) is 2. The van der Waals surface area contributed by atoms with E-state index in [-0.39, 0.29) is 24.4 Å². The lowest BCUT2D eigenvalue weighted by Gasteiger charge is -2.32. The number of hydrogen-bond donors (Lipinski definition) is 2. The van der Waals surface area contributed by atoms with Crippen LogP contribution < -0.4 is 11.5 Å². The zero-order valence-corrected chi connectivity index (χ0v) is 9.98. The summed E-state index contributed by atoms with van der Waals surface area (Å²) in [5.74, 6) is -0.0993.